The molecule has 0 saturated carbocycles. The third-order valence-electron chi connectivity index (χ3n) is 3.11. The van der Waals surface area contributed by atoms with Crippen LogP contribution in [0.4, 0.5) is 16.2 Å². The molecule has 0 atom stereocenters. The van der Waals surface area contributed by atoms with Gasteiger partial charge in [0, 0.05) is 23.8 Å². The number of urea groups is 1. The normalized spacial score (nSPS) is 11.0. The van der Waals surface area contributed by atoms with Gasteiger partial charge in [-0.2, -0.15) is 0 Å². The highest BCUT2D eigenvalue weighted by molar-refractivity contribution is 7.12. The Labute approximate surface area is 139 Å². The maximum absolute atomic E-state index is 12.4. The predicted molar refractivity (Wildman–Crippen MR) is 93.3 cm³/mol. The lowest BCUT2D eigenvalue weighted by Crippen LogP contribution is -2.24. The van der Waals surface area contributed by atoms with E-state index in [0.717, 1.165) is 5.69 Å². The molecule has 0 saturated heterocycles. The van der Waals surface area contributed by atoms with Crippen molar-refractivity contribution in [2.24, 2.45) is 0 Å². The van der Waals surface area contributed by atoms with Crippen molar-refractivity contribution in [1.29, 1.82) is 0 Å². The van der Waals surface area contributed by atoms with E-state index in [9.17, 15) is 9.59 Å². The number of carbonyl (C=O) groups is 2. The van der Waals surface area contributed by atoms with Crippen LogP contribution in [-0.4, -0.2) is 24.0 Å². The Kier molecular flexibility index (Phi) is 5.00. The Morgan fingerprint density at radius 1 is 1.04 bits per heavy atom. The fourth-order valence-corrected chi connectivity index (χ4v) is 2.85. The van der Waals surface area contributed by atoms with Gasteiger partial charge in [-0.3, -0.25) is 4.79 Å². The molecular weight excluding hydrogens is 312 g/mol. The molecule has 1 heterocycles. The number of hydrogen-bond donors (Lipinski definition) is 3. The Bertz CT molecular complexity index is 702. The first-order valence-electron chi connectivity index (χ1n) is 7.15. The zero-order valence-electron chi connectivity index (χ0n) is 13.6. The zero-order valence-corrected chi connectivity index (χ0v) is 14.4. The average molecular weight is 332 g/mol. The van der Waals surface area contributed by atoms with Gasteiger partial charge in [0.2, 0.25) is 0 Å². The smallest absolute Gasteiger partial charge is 0.318 e. The number of hydrogen-bond acceptors (Lipinski definition) is 4. The van der Waals surface area contributed by atoms with Crippen molar-refractivity contribution in [3.8, 4) is 0 Å². The van der Waals surface area contributed by atoms with Gasteiger partial charge in [0.05, 0.1) is 11.2 Å². The van der Waals surface area contributed by atoms with Crippen LogP contribution in [0, 0.1) is 0 Å². The molecule has 0 spiro atoms. The van der Waals surface area contributed by atoms with Crippen molar-refractivity contribution in [2.75, 3.05) is 17.7 Å². The Balaban J connectivity index is 2.09. The summed E-state index contributed by atoms with van der Waals surface area (Å²) in [6.07, 6.45) is 0. The second-order valence-corrected chi connectivity index (χ2v) is 6.87. The highest BCUT2D eigenvalue weighted by atomic mass is 32.1. The van der Waals surface area contributed by atoms with Crippen molar-refractivity contribution in [3.63, 3.8) is 0 Å². The molecule has 3 N–H and O–H groups in total. The van der Waals surface area contributed by atoms with E-state index in [0.29, 0.717) is 16.3 Å². The first-order valence-corrected chi connectivity index (χ1v) is 8.03. The molecule has 0 radical (unpaired) electrons. The van der Waals surface area contributed by atoms with Crippen molar-refractivity contribution in [2.45, 2.75) is 26.2 Å². The summed E-state index contributed by atoms with van der Waals surface area (Å²) in [5.74, 6) is -0.176. The van der Waals surface area contributed by atoms with E-state index in [-0.39, 0.29) is 17.4 Å². The lowest BCUT2D eigenvalue weighted by atomic mass is 9.91. The maximum atomic E-state index is 12.4. The Hall–Kier alpha value is -2.41. The SMILES string of the molecule is CNC(=O)Nc1ccc(NC(=O)c2scnc2C(C)(C)C)cc1. The molecule has 7 heteroatoms. The average Bonchev–Trinajstić information content (AvgIpc) is 2.99. The number of amides is 3. The van der Waals surface area contributed by atoms with Crippen molar-refractivity contribution >= 4 is 34.6 Å². The number of aromatic nitrogens is 1. The van der Waals surface area contributed by atoms with Crippen LogP contribution in [0.1, 0.15) is 36.1 Å². The molecular formula is C16H20N4O2S. The molecule has 0 aliphatic carbocycles. The monoisotopic (exact) mass is 332 g/mol. The van der Waals surface area contributed by atoms with Gasteiger partial charge in [0.25, 0.3) is 5.91 Å². The maximum Gasteiger partial charge on any atom is 0.318 e. The molecule has 2 rings (SSSR count). The molecule has 1 aromatic carbocycles. The van der Waals surface area contributed by atoms with Gasteiger partial charge in [-0.25, -0.2) is 9.78 Å². The van der Waals surface area contributed by atoms with Crippen LogP contribution in [0.25, 0.3) is 0 Å². The molecule has 0 fully saturated rings. The second-order valence-electron chi connectivity index (χ2n) is 6.02. The zero-order chi connectivity index (χ0) is 17.0. The third-order valence-corrected chi connectivity index (χ3v) is 3.94. The minimum Gasteiger partial charge on any atom is -0.341 e. The van der Waals surface area contributed by atoms with Crippen LogP contribution >= 0.6 is 11.3 Å². The van der Waals surface area contributed by atoms with Gasteiger partial charge in [0.15, 0.2) is 0 Å². The first-order chi connectivity index (χ1) is 10.8. The molecule has 1 aromatic heterocycles. The summed E-state index contributed by atoms with van der Waals surface area (Å²) < 4.78 is 0. The summed E-state index contributed by atoms with van der Waals surface area (Å²) >= 11 is 1.33. The lowest BCUT2D eigenvalue weighted by molar-refractivity contribution is 0.102. The van der Waals surface area contributed by atoms with Crippen LogP contribution in [0.3, 0.4) is 0 Å². The fourth-order valence-electron chi connectivity index (χ4n) is 1.96. The largest absolute Gasteiger partial charge is 0.341 e. The summed E-state index contributed by atoms with van der Waals surface area (Å²) in [5.41, 5.74) is 3.60. The molecule has 0 aliphatic rings. The van der Waals surface area contributed by atoms with E-state index in [1.807, 2.05) is 20.8 Å². The number of anilines is 2. The minimum atomic E-state index is -0.290. The predicted octanol–water partition coefficient (Wildman–Crippen LogP) is 3.44. The van der Waals surface area contributed by atoms with Crippen LogP contribution < -0.4 is 16.0 Å². The summed E-state index contributed by atoms with van der Waals surface area (Å²) in [4.78, 5) is 28.6. The molecule has 0 unspecified atom stereocenters. The van der Waals surface area contributed by atoms with Crippen LogP contribution in [0.5, 0.6) is 0 Å². The van der Waals surface area contributed by atoms with Crippen molar-refractivity contribution in [3.05, 3.63) is 40.3 Å². The topological polar surface area (TPSA) is 83.1 Å². The fraction of sp³-hybridized carbons (Fsp3) is 0.312. The van der Waals surface area contributed by atoms with E-state index >= 15 is 0 Å². The van der Waals surface area contributed by atoms with E-state index in [2.05, 4.69) is 20.9 Å². The number of rotatable bonds is 3. The Morgan fingerprint density at radius 2 is 1.61 bits per heavy atom. The highest BCUT2D eigenvalue weighted by Crippen LogP contribution is 2.28. The second kappa shape index (κ2) is 6.78. The van der Waals surface area contributed by atoms with E-state index in [4.69, 9.17) is 0 Å². The summed E-state index contributed by atoms with van der Waals surface area (Å²) in [5, 5.41) is 7.99. The van der Waals surface area contributed by atoms with E-state index < -0.39 is 0 Å². The Morgan fingerprint density at radius 3 is 2.13 bits per heavy atom. The molecule has 122 valence electrons. The molecule has 23 heavy (non-hydrogen) atoms. The van der Waals surface area contributed by atoms with Gasteiger partial charge in [-0.1, -0.05) is 20.8 Å². The van der Waals surface area contributed by atoms with Crippen molar-refractivity contribution < 1.29 is 9.59 Å². The highest BCUT2D eigenvalue weighted by Gasteiger charge is 2.24. The molecule has 6 nitrogen and oxygen atoms in total. The van der Waals surface area contributed by atoms with E-state index in [1.54, 1.807) is 36.8 Å². The first kappa shape index (κ1) is 17.0. The van der Waals surface area contributed by atoms with Gasteiger partial charge in [0.1, 0.15) is 4.88 Å². The molecule has 0 bridgehead atoms. The van der Waals surface area contributed by atoms with E-state index in [1.165, 1.54) is 11.3 Å². The summed E-state index contributed by atoms with van der Waals surface area (Å²) in [6.45, 7) is 6.08. The van der Waals surface area contributed by atoms with Gasteiger partial charge < -0.3 is 16.0 Å². The van der Waals surface area contributed by atoms with Gasteiger partial charge in [-0.05, 0) is 24.3 Å². The number of nitrogens with zero attached hydrogens (tertiary/aromatic N) is 1. The molecule has 3 amide bonds. The van der Waals surface area contributed by atoms with Crippen LogP contribution in [0.15, 0.2) is 29.8 Å². The summed E-state index contributed by atoms with van der Waals surface area (Å²) in [7, 11) is 1.55. The molecule has 0 aliphatic heterocycles. The standard InChI is InChI=1S/C16H20N4O2S/c1-16(2,3)13-12(23-9-18-13)14(21)19-10-5-7-11(8-6-10)20-15(22)17-4/h5-9H,1-4H3,(H,19,21)(H2,17,20,22). The number of thiazole rings is 1. The number of benzene rings is 1. The molecule has 2 aromatic rings. The van der Waals surface area contributed by atoms with Gasteiger partial charge in [-0.15, -0.1) is 11.3 Å². The van der Waals surface area contributed by atoms with Crippen molar-refractivity contribution in [1.82, 2.24) is 10.3 Å². The number of carbonyl (C=O) groups excluding carboxylic acids is 2. The third kappa shape index (κ3) is 4.29. The van der Waals surface area contributed by atoms with Crippen LogP contribution in [-0.2, 0) is 5.41 Å². The number of nitrogens with one attached hydrogen (secondary N) is 3. The lowest BCUT2D eigenvalue weighted by Gasteiger charge is -2.17. The minimum absolute atomic E-state index is 0.176. The summed E-state index contributed by atoms with van der Waals surface area (Å²) in [6, 6.07) is 6.63. The van der Waals surface area contributed by atoms with Gasteiger partial charge >= 0.3 is 6.03 Å². The quantitative estimate of drug-likeness (QED) is 0.805. The van der Waals surface area contributed by atoms with Crippen LogP contribution in [0.2, 0.25) is 0 Å².